The van der Waals surface area contributed by atoms with E-state index in [4.69, 9.17) is 10.2 Å². The summed E-state index contributed by atoms with van der Waals surface area (Å²) in [7, 11) is 0. The highest BCUT2D eigenvalue weighted by molar-refractivity contribution is 5.61. The van der Waals surface area contributed by atoms with Gasteiger partial charge in [0.2, 0.25) is 0 Å². The van der Waals surface area contributed by atoms with Gasteiger partial charge in [-0.05, 0) is 37.6 Å². The molecule has 0 saturated carbocycles. The molecule has 0 fully saturated rings. The monoisotopic (exact) mass is 234 g/mol. The van der Waals surface area contributed by atoms with Crippen LogP contribution >= 0.6 is 0 Å². The number of hydrogen-bond acceptors (Lipinski definition) is 3. The van der Waals surface area contributed by atoms with E-state index in [9.17, 15) is 4.39 Å². The molecule has 0 aliphatic carbocycles. The number of halogens is 1. The topological polar surface area (TPSA) is 52.0 Å². The first-order valence-electron chi connectivity index (χ1n) is 5.62. The molecule has 0 spiro atoms. The molecule has 0 saturated heterocycles. The molecule has 1 aromatic heterocycles. The van der Waals surface area contributed by atoms with Gasteiger partial charge in [0, 0.05) is 12.0 Å². The fourth-order valence-electron chi connectivity index (χ4n) is 1.66. The van der Waals surface area contributed by atoms with Gasteiger partial charge in [0.1, 0.15) is 5.82 Å². The van der Waals surface area contributed by atoms with Crippen LogP contribution in [0.1, 0.15) is 17.9 Å². The number of hydrogen-bond donors (Lipinski definition) is 1. The maximum Gasteiger partial charge on any atom is 0.194 e. The number of oxazole rings is 1. The first-order valence-corrected chi connectivity index (χ1v) is 5.62. The summed E-state index contributed by atoms with van der Waals surface area (Å²) in [6.07, 6.45) is 3.18. The van der Waals surface area contributed by atoms with Crippen LogP contribution in [0.2, 0.25) is 0 Å². The van der Waals surface area contributed by atoms with Crippen molar-refractivity contribution in [2.75, 3.05) is 6.54 Å². The van der Waals surface area contributed by atoms with Crippen molar-refractivity contribution < 1.29 is 8.81 Å². The maximum atomic E-state index is 13.2. The van der Waals surface area contributed by atoms with E-state index >= 15 is 0 Å². The molecular weight excluding hydrogens is 219 g/mol. The number of benzene rings is 1. The van der Waals surface area contributed by atoms with Crippen molar-refractivity contribution in [1.82, 2.24) is 4.98 Å². The number of aromatic nitrogens is 1. The number of rotatable bonds is 4. The van der Waals surface area contributed by atoms with Gasteiger partial charge in [0.05, 0.1) is 6.20 Å². The summed E-state index contributed by atoms with van der Waals surface area (Å²) < 4.78 is 18.7. The van der Waals surface area contributed by atoms with Crippen molar-refractivity contribution in [2.24, 2.45) is 5.73 Å². The molecule has 2 aromatic rings. The predicted molar refractivity (Wildman–Crippen MR) is 64.0 cm³/mol. The molecule has 4 heteroatoms. The van der Waals surface area contributed by atoms with Crippen LogP contribution in [0.15, 0.2) is 28.8 Å². The first-order chi connectivity index (χ1) is 8.20. The van der Waals surface area contributed by atoms with Crippen molar-refractivity contribution in [3.8, 4) is 11.3 Å². The lowest BCUT2D eigenvalue weighted by molar-refractivity contribution is 0.499. The Labute approximate surface area is 99.5 Å². The van der Waals surface area contributed by atoms with Gasteiger partial charge < -0.3 is 10.2 Å². The average molecular weight is 234 g/mol. The molecule has 0 atom stereocenters. The third-order valence-electron chi connectivity index (χ3n) is 2.61. The Kier molecular flexibility index (Phi) is 3.54. The van der Waals surface area contributed by atoms with E-state index in [2.05, 4.69) is 4.98 Å². The van der Waals surface area contributed by atoms with Crippen LogP contribution < -0.4 is 5.73 Å². The minimum Gasteiger partial charge on any atom is -0.441 e. The van der Waals surface area contributed by atoms with Crippen LogP contribution in [0.3, 0.4) is 0 Å². The molecule has 90 valence electrons. The molecule has 0 radical (unpaired) electrons. The second-order valence-electron chi connectivity index (χ2n) is 3.97. The summed E-state index contributed by atoms with van der Waals surface area (Å²) in [4.78, 5) is 4.16. The van der Waals surface area contributed by atoms with Gasteiger partial charge in [-0.15, -0.1) is 0 Å². The van der Waals surface area contributed by atoms with Gasteiger partial charge in [0.25, 0.3) is 0 Å². The Morgan fingerprint density at radius 2 is 2.24 bits per heavy atom. The normalized spacial score (nSPS) is 10.8. The van der Waals surface area contributed by atoms with Crippen LogP contribution in [0.5, 0.6) is 0 Å². The van der Waals surface area contributed by atoms with Gasteiger partial charge in [-0.1, -0.05) is 6.07 Å². The second kappa shape index (κ2) is 5.10. The number of nitrogens with zero attached hydrogens (tertiary/aromatic N) is 1. The van der Waals surface area contributed by atoms with Gasteiger partial charge in [0.15, 0.2) is 11.7 Å². The fraction of sp³-hybridized carbons (Fsp3) is 0.308. The highest BCUT2D eigenvalue weighted by atomic mass is 19.1. The van der Waals surface area contributed by atoms with E-state index in [-0.39, 0.29) is 5.82 Å². The zero-order valence-corrected chi connectivity index (χ0v) is 9.74. The molecule has 3 nitrogen and oxygen atoms in total. The lowest BCUT2D eigenvalue weighted by Gasteiger charge is -2.01. The zero-order chi connectivity index (χ0) is 12.3. The molecule has 1 aromatic carbocycles. The molecule has 1 heterocycles. The molecule has 0 aliphatic heterocycles. The molecule has 0 aliphatic rings. The molecule has 0 bridgehead atoms. The van der Waals surface area contributed by atoms with E-state index in [1.807, 2.05) is 6.92 Å². The molecule has 17 heavy (non-hydrogen) atoms. The summed E-state index contributed by atoms with van der Waals surface area (Å²) in [6, 6.07) is 4.62. The van der Waals surface area contributed by atoms with E-state index in [1.54, 1.807) is 12.3 Å². The first kappa shape index (κ1) is 11.8. The molecule has 0 unspecified atom stereocenters. The SMILES string of the molecule is Cc1ccc(F)cc1-c1cnc(CCCN)o1. The van der Waals surface area contributed by atoms with Gasteiger partial charge in [-0.25, -0.2) is 9.37 Å². The van der Waals surface area contributed by atoms with E-state index in [0.29, 0.717) is 24.6 Å². The van der Waals surface area contributed by atoms with Crippen LogP contribution in [-0.4, -0.2) is 11.5 Å². The van der Waals surface area contributed by atoms with E-state index in [0.717, 1.165) is 17.5 Å². The minimum absolute atomic E-state index is 0.273. The summed E-state index contributed by atoms with van der Waals surface area (Å²) in [5.41, 5.74) is 7.13. The summed E-state index contributed by atoms with van der Waals surface area (Å²) in [5, 5.41) is 0. The van der Waals surface area contributed by atoms with Crippen molar-refractivity contribution in [3.05, 3.63) is 41.7 Å². The Hall–Kier alpha value is -1.68. The summed E-state index contributed by atoms with van der Waals surface area (Å²) in [6.45, 7) is 2.52. The minimum atomic E-state index is -0.273. The third kappa shape index (κ3) is 2.71. The van der Waals surface area contributed by atoms with Crippen molar-refractivity contribution in [3.63, 3.8) is 0 Å². The highest BCUT2D eigenvalue weighted by Gasteiger charge is 2.09. The number of aryl methyl sites for hydroxylation is 2. The quantitative estimate of drug-likeness (QED) is 0.884. The number of nitrogens with two attached hydrogens (primary N) is 1. The fourth-order valence-corrected chi connectivity index (χ4v) is 1.66. The molecule has 2 N–H and O–H groups in total. The molecule has 2 rings (SSSR count). The van der Waals surface area contributed by atoms with Gasteiger partial charge in [-0.3, -0.25) is 0 Å². The maximum absolute atomic E-state index is 13.2. The molecule has 0 amide bonds. The Morgan fingerprint density at radius 1 is 1.41 bits per heavy atom. The van der Waals surface area contributed by atoms with Crippen molar-refractivity contribution in [1.29, 1.82) is 0 Å². The van der Waals surface area contributed by atoms with E-state index in [1.165, 1.54) is 12.1 Å². The Morgan fingerprint density at radius 3 is 3.00 bits per heavy atom. The van der Waals surface area contributed by atoms with Gasteiger partial charge in [-0.2, -0.15) is 0 Å². The summed E-state index contributed by atoms with van der Waals surface area (Å²) in [5.74, 6) is 0.980. The average Bonchev–Trinajstić information content (AvgIpc) is 2.78. The predicted octanol–water partition coefficient (Wildman–Crippen LogP) is 2.68. The Balaban J connectivity index is 2.27. The lowest BCUT2D eigenvalue weighted by Crippen LogP contribution is -2.00. The van der Waals surface area contributed by atoms with Crippen LogP contribution in [0.4, 0.5) is 4.39 Å². The van der Waals surface area contributed by atoms with Crippen molar-refractivity contribution in [2.45, 2.75) is 19.8 Å². The van der Waals surface area contributed by atoms with Gasteiger partial charge >= 0.3 is 0 Å². The third-order valence-corrected chi connectivity index (χ3v) is 2.61. The van der Waals surface area contributed by atoms with Crippen molar-refractivity contribution >= 4 is 0 Å². The standard InChI is InChI=1S/C13H15FN2O/c1-9-4-5-10(14)7-11(9)12-8-16-13(17-12)3-2-6-15/h4-5,7-8H,2-3,6,15H2,1H3. The highest BCUT2D eigenvalue weighted by Crippen LogP contribution is 2.25. The Bertz CT molecular complexity index is 508. The van der Waals surface area contributed by atoms with Crippen LogP contribution in [-0.2, 0) is 6.42 Å². The van der Waals surface area contributed by atoms with Crippen LogP contribution in [0, 0.1) is 12.7 Å². The summed E-state index contributed by atoms with van der Waals surface area (Å²) >= 11 is 0. The smallest absolute Gasteiger partial charge is 0.194 e. The second-order valence-corrected chi connectivity index (χ2v) is 3.97. The lowest BCUT2D eigenvalue weighted by atomic mass is 10.1. The zero-order valence-electron chi connectivity index (χ0n) is 9.74. The largest absolute Gasteiger partial charge is 0.441 e. The molecular formula is C13H15FN2O. The van der Waals surface area contributed by atoms with E-state index < -0.39 is 0 Å². The van der Waals surface area contributed by atoms with Crippen LogP contribution in [0.25, 0.3) is 11.3 Å².